The van der Waals surface area contributed by atoms with E-state index >= 15 is 0 Å². The molecule has 1 aliphatic heterocycles. The molecule has 0 spiro atoms. The predicted molar refractivity (Wildman–Crippen MR) is 79.7 cm³/mol. The first kappa shape index (κ1) is 16.0. The summed E-state index contributed by atoms with van der Waals surface area (Å²) in [5.74, 6) is 0.602. The summed E-state index contributed by atoms with van der Waals surface area (Å²) in [7, 11) is 0. The second-order valence-corrected chi connectivity index (χ2v) is 5.34. The minimum atomic E-state index is -1.20. The van der Waals surface area contributed by atoms with Crippen molar-refractivity contribution in [2.75, 3.05) is 24.6 Å². The lowest BCUT2D eigenvalue weighted by Crippen LogP contribution is -2.33. The van der Waals surface area contributed by atoms with Crippen molar-refractivity contribution in [2.45, 2.75) is 38.4 Å². The van der Waals surface area contributed by atoms with Gasteiger partial charge in [0.1, 0.15) is 18.3 Å². The van der Waals surface area contributed by atoms with Crippen molar-refractivity contribution in [1.82, 2.24) is 25.0 Å². The molecular weight excluding hydrogens is 304 g/mol. The number of nitrogens with zero attached hydrogens (tertiary/aromatic N) is 6. The van der Waals surface area contributed by atoms with Gasteiger partial charge in [-0.15, -0.1) is 10.2 Å². The van der Waals surface area contributed by atoms with Crippen LogP contribution in [0, 0.1) is 0 Å². The Bertz CT molecular complexity index is 676. The zero-order valence-corrected chi connectivity index (χ0v) is 12.9. The van der Waals surface area contributed by atoms with Crippen molar-refractivity contribution in [3.8, 4) is 0 Å². The van der Waals surface area contributed by atoms with E-state index in [1.165, 1.54) is 10.9 Å². The van der Waals surface area contributed by atoms with E-state index in [0.717, 1.165) is 13.1 Å². The lowest BCUT2D eigenvalue weighted by atomic mass is 10.1. The van der Waals surface area contributed by atoms with Crippen LogP contribution in [0.15, 0.2) is 6.33 Å². The lowest BCUT2D eigenvalue weighted by Gasteiger charge is -2.19. The molecule has 1 aliphatic rings. The smallest absolute Gasteiger partial charge is 0.190 e. The molecule has 2 aromatic rings. The third-order valence-electron chi connectivity index (χ3n) is 4.11. The van der Waals surface area contributed by atoms with Crippen molar-refractivity contribution in [1.29, 1.82) is 0 Å². The topological polar surface area (TPSA) is 130 Å². The second kappa shape index (κ2) is 6.32. The number of ether oxygens (including phenoxy) is 1. The van der Waals surface area contributed by atoms with E-state index in [2.05, 4.69) is 20.4 Å². The summed E-state index contributed by atoms with van der Waals surface area (Å²) in [4.78, 5) is 6.30. The molecule has 10 heteroatoms. The molecule has 126 valence electrons. The van der Waals surface area contributed by atoms with Crippen LogP contribution >= 0.6 is 0 Å². The average molecular weight is 324 g/mol. The van der Waals surface area contributed by atoms with Gasteiger partial charge in [-0.05, 0) is 19.1 Å². The Labute approximate surface area is 132 Å². The van der Waals surface area contributed by atoms with E-state index in [0.29, 0.717) is 17.0 Å². The number of aliphatic hydroxyl groups is 3. The minimum absolute atomic E-state index is 0.390. The fourth-order valence-electron chi connectivity index (χ4n) is 2.80. The maximum atomic E-state index is 10.2. The molecule has 1 fully saturated rings. The number of aromatic nitrogens is 5. The summed E-state index contributed by atoms with van der Waals surface area (Å²) in [5.41, 5.74) is 0.943. The first-order valence-corrected chi connectivity index (χ1v) is 7.55. The normalized spacial score (nSPS) is 27.7. The number of hydrogen-bond acceptors (Lipinski definition) is 9. The SMILES string of the molecule is CCN(CC)c1nnnc2c1ncn2[C@@H]1O[C@H](CO)[C@@H](O)[C@H]1O. The first-order valence-electron chi connectivity index (χ1n) is 7.55. The molecule has 0 bridgehead atoms. The van der Waals surface area contributed by atoms with Crippen molar-refractivity contribution < 1.29 is 20.1 Å². The van der Waals surface area contributed by atoms with Gasteiger partial charge in [-0.3, -0.25) is 4.57 Å². The summed E-state index contributed by atoms with van der Waals surface area (Å²) in [6.07, 6.45) is -2.66. The summed E-state index contributed by atoms with van der Waals surface area (Å²) in [5, 5.41) is 41.0. The number of aliphatic hydroxyl groups excluding tert-OH is 3. The first-order chi connectivity index (χ1) is 11.1. The van der Waals surface area contributed by atoms with Crippen LogP contribution in [0.3, 0.4) is 0 Å². The molecule has 2 aromatic heterocycles. The minimum Gasteiger partial charge on any atom is -0.394 e. The van der Waals surface area contributed by atoms with Crippen LogP contribution in [0.4, 0.5) is 5.82 Å². The summed E-state index contributed by atoms with van der Waals surface area (Å²) < 4.78 is 7.01. The van der Waals surface area contributed by atoms with Crippen LogP contribution < -0.4 is 4.90 Å². The van der Waals surface area contributed by atoms with Crippen molar-refractivity contribution in [2.24, 2.45) is 0 Å². The zero-order valence-electron chi connectivity index (χ0n) is 12.9. The molecule has 10 nitrogen and oxygen atoms in total. The quantitative estimate of drug-likeness (QED) is 0.613. The molecule has 0 aromatic carbocycles. The third-order valence-corrected chi connectivity index (χ3v) is 4.11. The summed E-state index contributed by atoms with van der Waals surface area (Å²) >= 11 is 0. The van der Waals surface area contributed by atoms with Crippen molar-refractivity contribution in [3.63, 3.8) is 0 Å². The lowest BCUT2D eigenvalue weighted by molar-refractivity contribution is -0.0511. The number of anilines is 1. The zero-order chi connectivity index (χ0) is 16.6. The fraction of sp³-hybridized carbons (Fsp3) is 0.692. The molecule has 0 unspecified atom stereocenters. The Balaban J connectivity index is 2.02. The fourth-order valence-corrected chi connectivity index (χ4v) is 2.80. The van der Waals surface area contributed by atoms with E-state index < -0.39 is 24.5 Å². The van der Waals surface area contributed by atoms with Gasteiger partial charge < -0.3 is 25.0 Å². The highest BCUT2D eigenvalue weighted by Crippen LogP contribution is 2.32. The number of rotatable bonds is 5. The van der Waals surface area contributed by atoms with Gasteiger partial charge in [-0.2, -0.15) is 0 Å². The Morgan fingerprint density at radius 1 is 1.22 bits per heavy atom. The van der Waals surface area contributed by atoms with E-state index in [9.17, 15) is 15.3 Å². The van der Waals surface area contributed by atoms with Gasteiger partial charge in [-0.25, -0.2) is 4.98 Å². The standard InChI is InChI=1S/C13H20N6O4/c1-3-18(4-2)11-8-12(16-17-15-11)19(6-14-8)13-10(22)9(21)7(5-20)23-13/h6-7,9-10,13,20-22H,3-5H2,1-2H3/t7-,9-,10-,13-/m1/s1. The van der Waals surface area contributed by atoms with Crippen molar-refractivity contribution >= 4 is 17.0 Å². The molecular formula is C13H20N6O4. The summed E-state index contributed by atoms with van der Waals surface area (Å²) in [6.45, 7) is 5.09. The molecule has 0 amide bonds. The molecule has 3 N–H and O–H groups in total. The van der Waals surface area contributed by atoms with Crippen LogP contribution in [0.5, 0.6) is 0 Å². The highest BCUT2D eigenvalue weighted by atomic mass is 16.6. The van der Waals surface area contributed by atoms with E-state index in [-0.39, 0.29) is 6.61 Å². The van der Waals surface area contributed by atoms with Gasteiger partial charge in [0, 0.05) is 13.1 Å². The Morgan fingerprint density at radius 2 is 1.96 bits per heavy atom. The van der Waals surface area contributed by atoms with Crippen molar-refractivity contribution in [3.05, 3.63) is 6.33 Å². The molecule has 1 saturated heterocycles. The van der Waals surface area contributed by atoms with E-state index in [4.69, 9.17) is 4.74 Å². The Hall–Kier alpha value is -1.88. The third kappa shape index (κ3) is 2.53. The molecule has 3 heterocycles. The van der Waals surface area contributed by atoms with E-state index in [1.807, 2.05) is 18.7 Å². The number of hydrogen-bond donors (Lipinski definition) is 3. The van der Waals surface area contributed by atoms with Gasteiger partial charge in [0.2, 0.25) is 0 Å². The van der Waals surface area contributed by atoms with Crippen LogP contribution in [0.25, 0.3) is 11.2 Å². The average Bonchev–Trinajstić information content (AvgIpc) is 3.11. The number of imidazole rings is 1. The number of fused-ring (bicyclic) bond motifs is 1. The van der Waals surface area contributed by atoms with Gasteiger partial charge in [0.15, 0.2) is 23.2 Å². The molecule has 3 rings (SSSR count). The Kier molecular flexibility index (Phi) is 4.39. The maximum absolute atomic E-state index is 10.2. The van der Waals surface area contributed by atoms with Gasteiger partial charge in [-0.1, -0.05) is 0 Å². The summed E-state index contributed by atoms with van der Waals surface area (Å²) in [6, 6.07) is 0. The van der Waals surface area contributed by atoms with Gasteiger partial charge >= 0.3 is 0 Å². The highest BCUT2D eigenvalue weighted by molar-refractivity contribution is 5.82. The van der Waals surface area contributed by atoms with Gasteiger partial charge in [0.25, 0.3) is 0 Å². The molecule has 0 radical (unpaired) electrons. The molecule has 0 saturated carbocycles. The van der Waals surface area contributed by atoms with Crippen LogP contribution in [0.2, 0.25) is 0 Å². The predicted octanol–water partition coefficient (Wildman–Crippen LogP) is -1.32. The maximum Gasteiger partial charge on any atom is 0.190 e. The molecule has 4 atom stereocenters. The Morgan fingerprint density at radius 3 is 2.57 bits per heavy atom. The van der Waals surface area contributed by atoms with Crippen LogP contribution in [-0.2, 0) is 4.74 Å². The highest BCUT2D eigenvalue weighted by Gasteiger charge is 2.44. The second-order valence-electron chi connectivity index (χ2n) is 5.34. The molecule has 23 heavy (non-hydrogen) atoms. The van der Waals surface area contributed by atoms with Gasteiger partial charge in [0.05, 0.1) is 12.9 Å². The van der Waals surface area contributed by atoms with Crippen LogP contribution in [0.1, 0.15) is 20.1 Å². The van der Waals surface area contributed by atoms with Crippen LogP contribution in [-0.4, -0.2) is 78.3 Å². The largest absolute Gasteiger partial charge is 0.394 e. The molecule has 0 aliphatic carbocycles. The van der Waals surface area contributed by atoms with E-state index in [1.54, 1.807) is 0 Å². The monoisotopic (exact) mass is 324 g/mol.